The van der Waals surface area contributed by atoms with Crippen molar-refractivity contribution in [1.82, 2.24) is 5.32 Å². The van der Waals surface area contributed by atoms with Crippen molar-refractivity contribution in [1.29, 1.82) is 0 Å². The molecule has 27 heavy (non-hydrogen) atoms. The molecular weight excluding hydrogens is 366 g/mol. The number of nitrogens with zero attached hydrogens (tertiary/aromatic N) is 1. The molecule has 1 aliphatic heterocycles. The van der Waals surface area contributed by atoms with Crippen molar-refractivity contribution in [3.05, 3.63) is 53.6 Å². The summed E-state index contributed by atoms with van der Waals surface area (Å²) in [5, 5.41) is 2.75. The summed E-state index contributed by atoms with van der Waals surface area (Å²) >= 11 is 0. The van der Waals surface area contributed by atoms with Gasteiger partial charge in [-0.15, -0.1) is 0 Å². The topological polar surface area (TPSA) is 95.6 Å². The van der Waals surface area contributed by atoms with Crippen molar-refractivity contribution >= 4 is 33.2 Å². The molecule has 0 atom stereocenters. The summed E-state index contributed by atoms with van der Waals surface area (Å²) in [4.78, 5) is 25.1. The fraction of sp³-hybridized carbons (Fsp3) is 0.263. The molecule has 2 N–H and O–H groups in total. The van der Waals surface area contributed by atoms with Crippen LogP contribution < -0.4 is 14.9 Å². The van der Waals surface area contributed by atoms with E-state index >= 15 is 0 Å². The van der Waals surface area contributed by atoms with Gasteiger partial charge in [-0.2, -0.15) is 0 Å². The Bertz CT molecular complexity index is 985. The summed E-state index contributed by atoms with van der Waals surface area (Å²) in [7, 11) is -3.77. The summed E-state index contributed by atoms with van der Waals surface area (Å²) in [6.07, 6.45) is 0.600. The second-order valence-corrected chi connectivity index (χ2v) is 7.95. The Morgan fingerprint density at radius 1 is 1.11 bits per heavy atom. The van der Waals surface area contributed by atoms with Crippen LogP contribution in [0.1, 0.15) is 29.8 Å². The summed E-state index contributed by atoms with van der Waals surface area (Å²) in [5.41, 5.74) is 2.44. The molecule has 142 valence electrons. The lowest BCUT2D eigenvalue weighted by Crippen LogP contribution is -2.38. The Hall–Kier alpha value is -2.87. The van der Waals surface area contributed by atoms with Gasteiger partial charge in [-0.05, 0) is 68.3 Å². The minimum Gasteiger partial charge on any atom is -0.338 e. The van der Waals surface area contributed by atoms with Crippen LogP contribution in [0.5, 0.6) is 0 Å². The fourth-order valence-electron chi connectivity index (χ4n) is 2.99. The number of anilines is 2. The first kappa shape index (κ1) is 18.9. The normalized spacial score (nSPS) is 13.2. The first-order valence-electron chi connectivity index (χ1n) is 8.64. The van der Waals surface area contributed by atoms with Crippen molar-refractivity contribution in [2.75, 3.05) is 22.7 Å². The van der Waals surface area contributed by atoms with E-state index in [2.05, 4.69) is 10.0 Å². The quantitative estimate of drug-likeness (QED) is 0.771. The Labute approximate surface area is 158 Å². The predicted octanol–water partition coefficient (Wildman–Crippen LogP) is 2.78. The van der Waals surface area contributed by atoms with Gasteiger partial charge in [0.05, 0.1) is 4.90 Å². The van der Waals surface area contributed by atoms with Crippen LogP contribution in [0.4, 0.5) is 16.2 Å². The van der Waals surface area contributed by atoms with Gasteiger partial charge in [0.2, 0.25) is 0 Å². The Morgan fingerprint density at radius 3 is 2.44 bits per heavy atom. The summed E-state index contributed by atoms with van der Waals surface area (Å²) in [6, 6.07) is 10.8. The van der Waals surface area contributed by atoms with Crippen LogP contribution in [0.15, 0.2) is 47.4 Å². The Morgan fingerprint density at radius 2 is 1.81 bits per heavy atom. The smallest absolute Gasteiger partial charge is 0.321 e. The maximum Gasteiger partial charge on any atom is 0.321 e. The predicted molar refractivity (Wildman–Crippen MR) is 104 cm³/mol. The van der Waals surface area contributed by atoms with Gasteiger partial charge in [-0.3, -0.25) is 14.4 Å². The molecular formula is C19H21N3O4S. The second-order valence-electron chi connectivity index (χ2n) is 6.27. The van der Waals surface area contributed by atoms with Gasteiger partial charge in [-0.1, -0.05) is 0 Å². The molecule has 2 aromatic carbocycles. The standard InChI is InChI=1S/C19H21N3O4S/c1-3-20-19(24)22-11-10-15-12-17(8-9-18(15)22)27(25,26)21-16-6-4-14(5-7-16)13(2)23/h4-9,12,21H,3,10-11H2,1-2H3,(H,20,24). The van der Waals surface area contributed by atoms with Crippen LogP contribution in [-0.4, -0.2) is 33.3 Å². The third-order valence-corrected chi connectivity index (χ3v) is 5.75. The van der Waals surface area contributed by atoms with Crippen LogP contribution in [0, 0.1) is 0 Å². The highest BCUT2D eigenvalue weighted by Crippen LogP contribution is 2.30. The third-order valence-electron chi connectivity index (χ3n) is 4.37. The van der Waals surface area contributed by atoms with Crippen molar-refractivity contribution in [3.63, 3.8) is 0 Å². The first-order chi connectivity index (χ1) is 12.8. The molecule has 2 aromatic rings. The van der Waals surface area contributed by atoms with Gasteiger partial charge < -0.3 is 5.32 Å². The number of ketones is 1. The lowest BCUT2D eigenvalue weighted by Gasteiger charge is -2.17. The molecule has 2 amide bonds. The van der Waals surface area contributed by atoms with Gasteiger partial charge in [-0.25, -0.2) is 13.2 Å². The zero-order valence-corrected chi connectivity index (χ0v) is 16.0. The molecule has 0 bridgehead atoms. The lowest BCUT2D eigenvalue weighted by atomic mass is 10.1. The molecule has 0 aromatic heterocycles. The van der Waals surface area contributed by atoms with E-state index in [1.54, 1.807) is 41.3 Å². The van der Waals surface area contributed by atoms with E-state index in [1.165, 1.54) is 13.0 Å². The lowest BCUT2D eigenvalue weighted by molar-refractivity contribution is 0.101. The Balaban J connectivity index is 1.82. The molecule has 0 aliphatic carbocycles. The zero-order chi connectivity index (χ0) is 19.6. The second kappa shape index (κ2) is 7.40. The number of benzene rings is 2. The van der Waals surface area contributed by atoms with Gasteiger partial charge >= 0.3 is 6.03 Å². The van der Waals surface area contributed by atoms with E-state index in [1.807, 2.05) is 6.92 Å². The maximum atomic E-state index is 12.7. The average Bonchev–Trinajstić information content (AvgIpc) is 3.05. The Kier molecular flexibility index (Phi) is 5.18. The van der Waals surface area contributed by atoms with Crippen molar-refractivity contribution in [2.24, 2.45) is 0 Å². The zero-order valence-electron chi connectivity index (χ0n) is 15.2. The number of Topliss-reactive ketones (excluding diaryl/α,β-unsaturated/α-hetero) is 1. The minimum absolute atomic E-state index is 0.0836. The number of fused-ring (bicyclic) bond motifs is 1. The van der Waals surface area contributed by atoms with Crippen LogP contribution in [0.2, 0.25) is 0 Å². The number of nitrogens with one attached hydrogen (secondary N) is 2. The molecule has 8 heteroatoms. The summed E-state index contributed by atoms with van der Waals surface area (Å²) in [6.45, 7) is 4.35. The molecule has 7 nitrogen and oxygen atoms in total. The van der Waals surface area contributed by atoms with Gasteiger partial charge in [0.15, 0.2) is 5.78 Å². The highest BCUT2D eigenvalue weighted by Gasteiger charge is 2.26. The van der Waals surface area contributed by atoms with Crippen LogP contribution >= 0.6 is 0 Å². The number of amides is 2. The molecule has 0 spiro atoms. The number of hydrogen-bond donors (Lipinski definition) is 2. The summed E-state index contributed by atoms with van der Waals surface area (Å²) < 4.78 is 27.8. The fourth-order valence-corrected chi connectivity index (χ4v) is 4.10. The van der Waals surface area contributed by atoms with E-state index in [-0.39, 0.29) is 16.7 Å². The van der Waals surface area contributed by atoms with E-state index in [0.29, 0.717) is 30.8 Å². The van der Waals surface area contributed by atoms with Gasteiger partial charge in [0, 0.05) is 30.0 Å². The number of carbonyl (C=O) groups excluding carboxylic acids is 2. The van der Waals surface area contributed by atoms with E-state index in [9.17, 15) is 18.0 Å². The van der Waals surface area contributed by atoms with Crippen molar-refractivity contribution in [2.45, 2.75) is 25.2 Å². The van der Waals surface area contributed by atoms with E-state index in [4.69, 9.17) is 0 Å². The SMILES string of the molecule is CCNC(=O)N1CCc2cc(S(=O)(=O)Nc3ccc(C(C)=O)cc3)ccc21. The van der Waals surface area contributed by atoms with Crippen molar-refractivity contribution in [3.8, 4) is 0 Å². The number of sulfonamides is 1. The summed E-state index contributed by atoms with van der Waals surface area (Å²) in [5.74, 6) is -0.0836. The average molecular weight is 387 g/mol. The van der Waals surface area contributed by atoms with Crippen LogP contribution in [-0.2, 0) is 16.4 Å². The first-order valence-corrected chi connectivity index (χ1v) is 10.1. The molecule has 0 unspecified atom stereocenters. The van der Waals surface area contributed by atoms with Gasteiger partial charge in [0.1, 0.15) is 0 Å². The number of hydrogen-bond acceptors (Lipinski definition) is 4. The number of urea groups is 1. The monoisotopic (exact) mass is 387 g/mol. The van der Waals surface area contributed by atoms with Crippen LogP contribution in [0.25, 0.3) is 0 Å². The molecule has 0 saturated heterocycles. The maximum absolute atomic E-state index is 12.7. The largest absolute Gasteiger partial charge is 0.338 e. The highest BCUT2D eigenvalue weighted by molar-refractivity contribution is 7.92. The number of rotatable bonds is 5. The third kappa shape index (κ3) is 3.95. The molecule has 1 heterocycles. The van der Waals surface area contributed by atoms with Crippen LogP contribution in [0.3, 0.4) is 0 Å². The highest BCUT2D eigenvalue weighted by atomic mass is 32.2. The molecule has 0 saturated carbocycles. The molecule has 1 aliphatic rings. The minimum atomic E-state index is -3.77. The molecule has 0 radical (unpaired) electrons. The molecule has 3 rings (SSSR count). The van der Waals surface area contributed by atoms with Gasteiger partial charge in [0.25, 0.3) is 10.0 Å². The van der Waals surface area contributed by atoms with E-state index < -0.39 is 10.0 Å². The molecule has 0 fully saturated rings. The van der Waals surface area contributed by atoms with Crippen molar-refractivity contribution < 1.29 is 18.0 Å². The number of carbonyl (C=O) groups is 2. The van der Waals surface area contributed by atoms with E-state index in [0.717, 1.165) is 11.3 Å².